The fraction of sp³-hybridized carbons (Fsp3) is 0.111. The third-order valence-electron chi connectivity index (χ3n) is 12.4. The van der Waals surface area contributed by atoms with Crippen molar-refractivity contribution >= 4 is 16.8 Å². The minimum atomic E-state index is -0.443. The predicted octanol–water partition coefficient (Wildman–Crippen LogP) is 12.5. The molecule has 0 saturated carbocycles. The molecule has 270 valence electrons. The van der Waals surface area contributed by atoms with Gasteiger partial charge in [0, 0.05) is 5.41 Å². The van der Waals surface area contributed by atoms with Crippen LogP contribution < -0.4 is 11.1 Å². The van der Waals surface area contributed by atoms with Gasteiger partial charge in [0.1, 0.15) is 0 Å². The van der Waals surface area contributed by atoms with Crippen LogP contribution in [0.2, 0.25) is 0 Å². The molecular weight excluding hydrogens is 677 g/mol. The summed E-state index contributed by atoms with van der Waals surface area (Å²) in [5.41, 5.74) is 22.9. The molecule has 10 rings (SSSR count). The molecule has 0 aliphatic heterocycles. The van der Waals surface area contributed by atoms with E-state index >= 15 is 0 Å². The van der Waals surface area contributed by atoms with Gasteiger partial charge < -0.3 is 5.73 Å². The number of nitrogens with two attached hydrogens (primary N) is 1. The molecule has 0 radical (unpaired) electrons. The van der Waals surface area contributed by atoms with Gasteiger partial charge in [-0.2, -0.15) is 0 Å². The summed E-state index contributed by atoms with van der Waals surface area (Å²) in [5.74, 6) is 0. The summed E-state index contributed by atoms with van der Waals surface area (Å²) in [7, 11) is 0. The second-order valence-electron chi connectivity index (χ2n) is 15.9. The van der Waals surface area contributed by atoms with E-state index in [2.05, 4.69) is 213 Å². The summed E-state index contributed by atoms with van der Waals surface area (Å²) in [5, 5.41) is 6.39. The van der Waals surface area contributed by atoms with E-state index in [4.69, 9.17) is 5.73 Å². The number of hydrogen-bond donors (Lipinski definition) is 2. The molecule has 56 heavy (non-hydrogen) atoms. The average Bonchev–Trinajstić information content (AvgIpc) is 3.67. The molecule has 0 bridgehead atoms. The SMILES string of the molecule is CC1(C)c2cc3ccccc3cc2-c2c(/C=C/C(NC(N)c3ccccc3)c3ccc4c(c3)-c3ccccc3C4(c3ccccc3)c3ccccc3)cccc21. The van der Waals surface area contributed by atoms with E-state index in [1.165, 1.54) is 72.0 Å². The molecule has 2 atom stereocenters. The first-order valence-electron chi connectivity index (χ1n) is 19.7. The lowest BCUT2D eigenvalue weighted by molar-refractivity contribution is 0.509. The predicted molar refractivity (Wildman–Crippen MR) is 234 cm³/mol. The number of rotatable bonds is 8. The van der Waals surface area contributed by atoms with Crippen molar-refractivity contribution in [2.45, 2.75) is 36.9 Å². The first-order chi connectivity index (χ1) is 27.4. The molecule has 3 N–H and O–H groups in total. The van der Waals surface area contributed by atoms with Gasteiger partial charge in [0.05, 0.1) is 17.6 Å². The molecule has 2 aliphatic rings. The van der Waals surface area contributed by atoms with Crippen LogP contribution in [0.25, 0.3) is 39.1 Å². The minimum Gasteiger partial charge on any atom is -0.312 e. The van der Waals surface area contributed by atoms with Crippen LogP contribution in [-0.2, 0) is 10.8 Å². The molecule has 2 heteroatoms. The molecule has 0 spiro atoms. The molecule has 0 fully saturated rings. The highest BCUT2D eigenvalue weighted by Crippen LogP contribution is 2.56. The normalized spacial score (nSPS) is 15.6. The van der Waals surface area contributed by atoms with E-state index in [9.17, 15) is 0 Å². The average molecular weight is 721 g/mol. The Morgan fingerprint density at radius 1 is 0.482 bits per heavy atom. The van der Waals surface area contributed by atoms with Crippen LogP contribution in [0.5, 0.6) is 0 Å². The van der Waals surface area contributed by atoms with E-state index in [0.29, 0.717) is 0 Å². The summed E-state index contributed by atoms with van der Waals surface area (Å²) >= 11 is 0. The second kappa shape index (κ2) is 13.5. The largest absolute Gasteiger partial charge is 0.312 e. The zero-order chi connectivity index (χ0) is 37.9. The second-order valence-corrected chi connectivity index (χ2v) is 15.9. The van der Waals surface area contributed by atoms with Crippen LogP contribution in [0, 0.1) is 0 Å². The zero-order valence-corrected chi connectivity index (χ0v) is 31.8. The fourth-order valence-electron chi connectivity index (χ4n) is 9.71. The Balaban J connectivity index is 1.13. The summed E-state index contributed by atoms with van der Waals surface area (Å²) in [4.78, 5) is 0. The smallest absolute Gasteiger partial charge is 0.0817 e. The topological polar surface area (TPSA) is 38.0 Å². The third kappa shape index (κ3) is 5.33. The van der Waals surface area contributed by atoms with E-state index in [1.807, 2.05) is 6.07 Å². The Kier molecular flexibility index (Phi) is 8.22. The van der Waals surface area contributed by atoms with Gasteiger partial charge in [-0.3, -0.25) is 5.32 Å². The first kappa shape index (κ1) is 34.2. The van der Waals surface area contributed by atoms with E-state index in [0.717, 1.165) is 11.1 Å². The monoisotopic (exact) mass is 720 g/mol. The van der Waals surface area contributed by atoms with Crippen molar-refractivity contribution in [3.05, 3.63) is 244 Å². The summed E-state index contributed by atoms with van der Waals surface area (Å²) in [6.45, 7) is 4.72. The van der Waals surface area contributed by atoms with Crippen LogP contribution in [0.1, 0.15) is 76.1 Å². The Hall–Kier alpha value is -6.32. The van der Waals surface area contributed by atoms with Crippen LogP contribution in [0.3, 0.4) is 0 Å². The third-order valence-corrected chi connectivity index (χ3v) is 12.4. The Morgan fingerprint density at radius 3 is 1.79 bits per heavy atom. The van der Waals surface area contributed by atoms with Crippen molar-refractivity contribution < 1.29 is 0 Å². The van der Waals surface area contributed by atoms with Gasteiger partial charge in [-0.1, -0.05) is 196 Å². The van der Waals surface area contributed by atoms with Gasteiger partial charge in [-0.15, -0.1) is 0 Å². The molecule has 0 saturated heterocycles. The Labute approximate surface area is 330 Å². The van der Waals surface area contributed by atoms with Crippen molar-refractivity contribution in [3.8, 4) is 22.3 Å². The molecule has 2 unspecified atom stereocenters. The van der Waals surface area contributed by atoms with Gasteiger partial charge in [-0.05, 0) is 101 Å². The van der Waals surface area contributed by atoms with E-state index in [-0.39, 0.29) is 17.6 Å². The van der Waals surface area contributed by atoms with E-state index in [1.54, 1.807) is 0 Å². The quantitative estimate of drug-likeness (QED) is 0.153. The molecule has 8 aromatic carbocycles. The van der Waals surface area contributed by atoms with Crippen LogP contribution in [0.15, 0.2) is 194 Å². The highest BCUT2D eigenvalue weighted by molar-refractivity contribution is 5.96. The minimum absolute atomic E-state index is 0.108. The fourth-order valence-corrected chi connectivity index (χ4v) is 9.71. The van der Waals surface area contributed by atoms with Crippen molar-refractivity contribution in [1.82, 2.24) is 5.32 Å². The summed E-state index contributed by atoms with van der Waals surface area (Å²) < 4.78 is 0. The van der Waals surface area contributed by atoms with Gasteiger partial charge >= 0.3 is 0 Å². The lowest BCUT2D eigenvalue weighted by Crippen LogP contribution is -2.31. The molecule has 2 nitrogen and oxygen atoms in total. The maximum atomic E-state index is 6.98. The molecule has 2 aliphatic carbocycles. The maximum absolute atomic E-state index is 6.98. The Morgan fingerprint density at radius 2 is 1.07 bits per heavy atom. The number of hydrogen-bond acceptors (Lipinski definition) is 2. The Bertz CT molecular complexity index is 2720. The standard InChI is InChI=1S/C54H44N2/c1-53(2)48-28-16-21-36(51(48)45-33-38-19-12-13-20-39(38)35-49(45)53)30-32-50(56-52(55)37-17-6-3-7-18-37)40-29-31-47-44(34-40)43-26-14-15-27-46(43)54(47,41-22-8-4-9-23-41)42-24-10-5-11-25-42/h3-35,50,52,56H,55H2,1-2H3/b32-30+. The molecule has 0 heterocycles. The van der Waals surface area contributed by atoms with Crippen LogP contribution in [0.4, 0.5) is 0 Å². The molecule has 0 amide bonds. The highest BCUT2D eigenvalue weighted by Gasteiger charge is 2.46. The lowest BCUT2D eigenvalue weighted by atomic mass is 9.67. The number of nitrogens with one attached hydrogen (secondary N) is 1. The summed E-state index contributed by atoms with van der Waals surface area (Å²) in [6, 6.07) is 68.4. The van der Waals surface area contributed by atoms with Gasteiger partial charge in [0.2, 0.25) is 0 Å². The number of fused-ring (bicyclic) bond motifs is 7. The van der Waals surface area contributed by atoms with Crippen molar-refractivity contribution in [2.24, 2.45) is 5.73 Å². The van der Waals surface area contributed by atoms with Crippen LogP contribution >= 0.6 is 0 Å². The molecular formula is C54H44N2. The molecule has 0 aromatic heterocycles. The molecule has 8 aromatic rings. The van der Waals surface area contributed by atoms with Crippen molar-refractivity contribution in [1.29, 1.82) is 0 Å². The lowest BCUT2D eigenvalue weighted by Gasteiger charge is -2.34. The van der Waals surface area contributed by atoms with Crippen molar-refractivity contribution in [2.75, 3.05) is 0 Å². The van der Waals surface area contributed by atoms with E-state index < -0.39 is 5.41 Å². The van der Waals surface area contributed by atoms with Gasteiger partial charge in [-0.25, -0.2) is 0 Å². The zero-order valence-electron chi connectivity index (χ0n) is 31.8. The highest BCUT2D eigenvalue weighted by atomic mass is 15.0. The van der Waals surface area contributed by atoms with Gasteiger partial charge in [0.25, 0.3) is 0 Å². The van der Waals surface area contributed by atoms with Crippen molar-refractivity contribution in [3.63, 3.8) is 0 Å². The number of benzene rings is 8. The maximum Gasteiger partial charge on any atom is 0.0817 e. The first-order valence-corrected chi connectivity index (χ1v) is 19.7. The summed E-state index contributed by atoms with van der Waals surface area (Å²) in [6.07, 6.45) is 4.26. The van der Waals surface area contributed by atoms with Crippen LogP contribution in [-0.4, -0.2) is 0 Å². The van der Waals surface area contributed by atoms with Gasteiger partial charge in [0.15, 0.2) is 0 Å².